The Morgan fingerprint density at radius 1 is 1.17 bits per heavy atom. The summed E-state index contributed by atoms with van der Waals surface area (Å²) >= 11 is 0. The van der Waals surface area contributed by atoms with E-state index in [9.17, 15) is 0 Å². The van der Waals surface area contributed by atoms with E-state index < -0.39 is 0 Å². The van der Waals surface area contributed by atoms with Crippen LogP contribution in [-0.4, -0.2) is 43.6 Å². The fraction of sp³-hybridized carbons (Fsp3) is 0.632. The van der Waals surface area contributed by atoms with Crippen LogP contribution in [0.15, 0.2) is 29.3 Å². The van der Waals surface area contributed by atoms with E-state index in [1.54, 1.807) is 0 Å². The molecule has 1 aliphatic heterocycles. The Hall–Kier alpha value is -1.55. The maximum atomic E-state index is 4.38. The molecule has 4 heteroatoms. The molecule has 3 rings (SSSR count). The number of hydrogen-bond acceptors (Lipinski definition) is 2. The highest BCUT2D eigenvalue weighted by Crippen LogP contribution is 2.18. The van der Waals surface area contributed by atoms with E-state index in [1.165, 1.54) is 49.7 Å². The van der Waals surface area contributed by atoms with Gasteiger partial charge < -0.3 is 10.6 Å². The molecule has 1 heterocycles. The molecule has 1 aromatic rings. The molecule has 23 heavy (non-hydrogen) atoms. The third-order valence-electron chi connectivity index (χ3n) is 5.10. The van der Waals surface area contributed by atoms with Crippen LogP contribution >= 0.6 is 0 Å². The fourth-order valence-corrected chi connectivity index (χ4v) is 3.71. The summed E-state index contributed by atoms with van der Waals surface area (Å²) < 4.78 is 0. The molecule has 1 aromatic carbocycles. The van der Waals surface area contributed by atoms with Crippen molar-refractivity contribution >= 4 is 5.96 Å². The van der Waals surface area contributed by atoms with E-state index >= 15 is 0 Å². The molecule has 0 aromatic heterocycles. The maximum Gasteiger partial charge on any atom is 0.191 e. The van der Waals surface area contributed by atoms with Gasteiger partial charge in [-0.05, 0) is 30.4 Å². The van der Waals surface area contributed by atoms with Crippen LogP contribution in [0.5, 0.6) is 0 Å². The SMILES string of the molecule is CN=C(NCCN1CCc2ccccc2C1)NC1CCCCC1. The van der Waals surface area contributed by atoms with Crippen molar-refractivity contribution in [2.75, 3.05) is 26.7 Å². The molecule has 0 bridgehead atoms. The molecule has 0 spiro atoms. The van der Waals surface area contributed by atoms with Crippen LogP contribution in [0.1, 0.15) is 43.2 Å². The van der Waals surface area contributed by atoms with Gasteiger partial charge in [0.1, 0.15) is 0 Å². The number of nitrogens with one attached hydrogen (secondary N) is 2. The van der Waals surface area contributed by atoms with Crippen LogP contribution in [0, 0.1) is 0 Å². The average molecular weight is 314 g/mol. The van der Waals surface area contributed by atoms with Crippen molar-refractivity contribution in [2.45, 2.75) is 51.1 Å². The molecular weight excluding hydrogens is 284 g/mol. The average Bonchev–Trinajstić information content (AvgIpc) is 2.61. The molecule has 1 fully saturated rings. The summed E-state index contributed by atoms with van der Waals surface area (Å²) in [5.74, 6) is 0.967. The molecular formula is C19H30N4. The van der Waals surface area contributed by atoms with E-state index in [0.29, 0.717) is 6.04 Å². The van der Waals surface area contributed by atoms with Crippen LogP contribution in [0.2, 0.25) is 0 Å². The van der Waals surface area contributed by atoms with Crippen molar-refractivity contribution in [3.63, 3.8) is 0 Å². The lowest BCUT2D eigenvalue weighted by Crippen LogP contribution is -2.46. The molecule has 0 unspecified atom stereocenters. The van der Waals surface area contributed by atoms with Gasteiger partial charge in [0, 0.05) is 39.3 Å². The Morgan fingerprint density at radius 2 is 1.96 bits per heavy atom. The molecule has 0 atom stereocenters. The second-order valence-electron chi connectivity index (χ2n) is 6.77. The second-order valence-corrected chi connectivity index (χ2v) is 6.77. The summed E-state index contributed by atoms with van der Waals surface area (Å²) in [6.07, 6.45) is 7.82. The van der Waals surface area contributed by atoms with Gasteiger partial charge in [-0.2, -0.15) is 0 Å². The summed E-state index contributed by atoms with van der Waals surface area (Å²) in [6, 6.07) is 9.43. The number of hydrogen-bond donors (Lipinski definition) is 2. The van der Waals surface area contributed by atoms with Gasteiger partial charge in [-0.25, -0.2) is 0 Å². The highest BCUT2D eigenvalue weighted by molar-refractivity contribution is 5.79. The quantitative estimate of drug-likeness (QED) is 0.663. The van der Waals surface area contributed by atoms with E-state index in [-0.39, 0.29) is 0 Å². The van der Waals surface area contributed by atoms with Crippen molar-refractivity contribution in [2.24, 2.45) is 4.99 Å². The van der Waals surface area contributed by atoms with E-state index in [2.05, 4.69) is 44.8 Å². The van der Waals surface area contributed by atoms with Crippen LogP contribution in [-0.2, 0) is 13.0 Å². The van der Waals surface area contributed by atoms with Crippen molar-refractivity contribution in [3.8, 4) is 0 Å². The Bertz CT molecular complexity index is 520. The fourth-order valence-electron chi connectivity index (χ4n) is 3.71. The zero-order valence-corrected chi connectivity index (χ0v) is 14.4. The highest BCUT2D eigenvalue weighted by atomic mass is 15.2. The summed E-state index contributed by atoms with van der Waals surface area (Å²) in [4.78, 5) is 6.91. The van der Waals surface area contributed by atoms with Gasteiger partial charge >= 0.3 is 0 Å². The molecule has 126 valence electrons. The Kier molecular flexibility index (Phi) is 5.92. The third kappa shape index (κ3) is 4.71. The van der Waals surface area contributed by atoms with Crippen LogP contribution in [0.4, 0.5) is 0 Å². The second kappa shape index (κ2) is 8.34. The highest BCUT2D eigenvalue weighted by Gasteiger charge is 2.16. The number of benzene rings is 1. The van der Waals surface area contributed by atoms with Crippen LogP contribution < -0.4 is 10.6 Å². The number of fused-ring (bicyclic) bond motifs is 1. The third-order valence-corrected chi connectivity index (χ3v) is 5.10. The normalized spacial score (nSPS) is 20.1. The van der Waals surface area contributed by atoms with Gasteiger partial charge in [0.15, 0.2) is 5.96 Å². The molecule has 0 saturated heterocycles. The first kappa shape index (κ1) is 16.3. The van der Waals surface area contributed by atoms with Gasteiger partial charge in [-0.15, -0.1) is 0 Å². The Morgan fingerprint density at radius 3 is 2.74 bits per heavy atom. The number of aliphatic imine (C=N–C) groups is 1. The Labute approximate surface area is 140 Å². The van der Waals surface area contributed by atoms with Gasteiger partial charge in [-0.3, -0.25) is 9.89 Å². The summed E-state index contributed by atoms with van der Waals surface area (Å²) in [6.45, 7) is 4.26. The molecule has 4 nitrogen and oxygen atoms in total. The van der Waals surface area contributed by atoms with E-state index in [4.69, 9.17) is 0 Å². The smallest absolute Gasteiger partial charge is 0.191 e. The lowest BCUT2D eigenvalue weighted by molar-refractivity contribution is 0.258. The molecule has 0 radical (unpaired) electrons. The minimum atomic E-state index is 0.608. The lowest BCUT2D eigenvalue weighted by atomic mass is 9.96. The Balaban J connectivity index is 1.40. The zero-order valence-electron chi connectivity index (χ0n) is 14.4. The predicted molar refractivity (Wildman–Crippen MR) is 96.8 cm³/mol. The summed E-state index contributed by atoms with van der Waals surface area (Å²) in [5.41, 5.74) is 3.01. The van der Waals surface area contributed by atoms with Gasteiger partial charge in [0.2, 0.25) is 0 Å². The number of rotatable bonds is 4. The van der Waals surface area contributed by atoms with Crippen molar-refractivity contribution in [3.05, 3.63) is 35.4 Å². The monoisotopic (exact) mass is 314 g/mol. The first-order chi connectivity index (χ1) is 11.3. The number of nitrogens with zero attached hydrogens (tertiary/aromatic N) is 2. The minimum Gasteiger partial charge on any atom is -0.355 e. The van der Waals surface area contributed by atoms with Crippen molar-refractivity contribution in [1.29, 1.82) is 0 Å². The maximum absolute atomic E-state index is 4.38. The largest absolute Gasteiger partial charge is 0.355 e. The number of guanidine groups is 1. The topological polar surface area (TPSA) is 39.7 Å². The lowest BCUT2D eigenvalue weighted by Gasteiger charge is -2.29. The molecule has 2 N–H and O–H groups in total. The zero-order chi connectivity index (χ0) is 15.9. The first-order valence-corrected chi connectivity index (χ1v) is 9.11. The van der Waals surface area contributed by atoms with E-state index in [0.717, 1.165) is 32.1 Å². The first-order valence-electron chi connectivity index (χ1n) is 9.11. The van der Waals surface area contributed by atoms with Crippen molar-refractivity contribution in [1.82, 2.24) is 15.5 Å². The van der Waals surface area contributed by atoms with Crippen LogP contribution in [0.25, 0.3) is 0 Å². The standard InChI is InChI=1S/C19H30N4/c1-20-19(22-18-9-3-2-4-10-18)21-12-14-23-13-11-16-7-5-6-8-17(16)15-23/h5-8,18H,2-4,9-15H2,1H3,(H2,20,21,22). The van der Waals surface area contributed by atoms with E-state index in [1.807, 2.05) is 7.05 Å². The van der Waals surface area contributed by atoms with Crippen molar-refractivity contribution < 1.29 is 0 Å². The van der Waals surface area contributed by atoms with Gasteiger partial charge in [0.05, 0.1) is 0 Å². The molecule has 1 aliphatic carbocycles. The minimum absolute atomic E-state index is 0.608. The van der Waals surface area contributed by atoms with Gasteiger partial charge in [-0.1, -0.05) is 43.5 Å². The molecule has 0 amide bonds. The summed E-state index contributed by atoms with van der Waals surface area (Å²) in [5, 5.41) is 7.06. The predicted octanol–water partition coefficient (Wildman–Crippen LogP) is 2.54. The molecule has 2 aliphatic rings. The summed E-state index contributed by atoms with van der Waals surface area (Å²) in [7, 11) is 1.87. The molecule has 1 saturated carbocycles. The van der Waals surface area contributed by atoms with Gasteiger partial charge in [0.25, 0.3) is 0 Å². The van der Waals surface area contributed by atoms with Crippen LogP contribution in [0.3, 0.4) is 0 Å².